The van der Waals surface area contributed by atoms with Crippen LogP contribution in [0.4, 0.5) is 5.69 Å². The number of carbonyl (C=O) groups is 1. The molecule has 1 aromatic carbocycles. The van der Waals surface area contributed by atoms with Gasteiger partial charge < -0.3 is 10.2 Å². The van der Waals surface area contributed by atoms with Gasteiger partial charge in [-0.1, -0.05) is 50.7 Å². The number of aldehydes is 1. The van der Waals surface area contributed by atoms with Crippen LogP contribution < -0.4 is 5.32 Å². The quantitative estimate of drug-likeness (QED) is 0.380. The van der Waals surface area contributed by atoms with E-state index in [-0.39, 0.29) is 5.54 Å². The minimum absolute atomic E-state index is 0.342. The van der Waals surface area contributed by atoms with E-state index in [4.69, 9.17) is 11.6 Å². The van der Waals surface area contributed by atoms with Crippen LogP contribution in [0.25, 0.3) is 6.08 Å². The average Bonchev–Trinajstić information content (AvgIpc) is 2.65. The first kappa shape index (κ1) is 22.8. The molecule has 0 aliphatic heterocycles. The van der Waals surface area contributed by atoms with Crippen LogP contribution in [0.15, 0.2) is 59.8 Å². The molecule has 0 heterocycles. The van der Waals surface area contributed by atoms with Crippen LogP contribution in [0.1, 0.15) is 49.5 Å². The van der Waals surface area contributed by atoms with Gasteiger partial charge >= 0.3 is 0 Å². The Kier molecular flexibility index (Phi) is 8.58. The molecule has 0 spiro atoms. The Hall–Kier alpha value is -2.26. The van der Waals surface area contributed by atoms with Crippen LogP contribution in [0.5, 0.6) is 0 Å². The second-order valence-corrected chi connectivity index (χ2v) is 7.26. The Labute approximate surface area is 169 Å². The number of nitrogens with one attached hydrogen (secondary N) is 1. The van der Waals surface area contributed by atoms with Gasteiger partial charge in [0, 0.05) is 30.4 Å². The molecule has 0 saturated carbocycles. The lowest BCUT2D eigenvalue weighted by atomic mass is 9.81. The highest BCUT2D eigenvalue weighted by molar-refractivity contribution is 6.31. The lowest BCUT2D eigenvalue weighted by Crippen LogP contribution is -2.39. The van der Waals surface area contributed by atoms with Gasteiger partial charge in [0.2, 0.25) is 0 Å². The summed E-state index contributed by atoms with van der Waals surface area (Å²) in [4.78, 5) is 13.5. The molecule has 0 aliphatic carbocycles. The minimum Gasteiger partial charge on any atom is -0.383 e. The van der Waals surface area contributed by atoms with Crippen molar-refractivity contribution in [2.45, 2.75) is 39.2 Å². The predicted octanol–water partition coefficient (Wildman–Crippen LogP) is 6.26. The maximum atomic E-state index is 11.6. The highest BCUT2D eigenvalue weighted by Crippen LogP contribution is 2.35. The minimum atomic E-state index is -0.342. The van der Waals surface area contributed by atoms with Gasteiger partial charge in [0.15, 0.2) is 6.29 Å². The molecule has 0 bridgehead atoms. The van der Waals surface area contributed by atoms with Gasteiger partial charge in [-0.15, -0.1) is 0 Å². The molecule has 146 valence electrons. The molecule has 4 heteroatoms. The zero-order valence-corrected chi connectivity index (χ0v) is 17.9. The molecule has 0 amide bonds. The van der Waals surface area contributed by atoms with Gasteiger partial charge in [0.25, 0.3) is 0 Å². The summed E-state index contributed by atoms with van der Waals surface area (Å²) in [7, 11) is 3.89. The first-order chi connectivity index (χ1) is 12.7. The van der Waals surface area contributed by atoms with Crippen LogP contribution in [0.3, 0.4) is 0 Å². The number of anilines is 1. The summed E-state index contributed by atoms with van der Waals surface area (Å²) in [6, 6.07) is 5.83. The maximum Gasteiger partial charge on any atom is 0.150 e. The molecule has 0 aromatic heterocycles. The largest absolute Gasteiger partial charge is 0.383 e. The van der Waals surface area contributed by atoms with Crippen molar-refractivity contribution >= 4 is 29.7 Å². The van der Waals surface area contributed by atoms with E-state index in [2.05, 4.69) is 32.3 Å². The van der Waals surface area contributed by atoms with Crippen LogP contribution in [0.2, 0.25) is 0 Å². The second-order valence-electron chi connectivity index (χ2n) is 6.80. The first-order valence-corrected chi connectivity index (χ1v) is 9.53. The molecule has 1 rings (SSSR count). The van der Waals surface area contributed by atoms with E-state index in [9.17, 15) is 4.79 Å². The van der Waals surface area contributed by atoms with E-state index in [1.165, 1.54) is 0 Å². The van der Waals surface area contributed by atoms with Crippen molar-refractivity contribution in [3.05, 3.63) is 70.9 Å². The Bertz CT molecular complexity index is 756. The lowest BCUT2D eigenvalue weighted by molar-refractivity contribution is 0.112. The molecule has 1 aromatic rings. The van der Waals surface area contributed by atoms with Crippen molar-refractivity contribution in [1.29, 1.82) is 0 Å². The number of hydrogen-bond donors (Lipinski definition) is 1. The van der Waals surface area contributed by atoms with Crippen LogP contribution in [-0.4, -0.2) is 30.8 Å². The number of rotatable bonds is 10. The molecule has 0 atom stereocenters. The summed E-state index contributed by atoms with van der Waals surface area (Å²) in [6.45, 7) is 14.1. The van der Waals surface area contributed by atoms with Gasteiger partial charge in [-0.3, -0.25) is 4.79 Å². The molecule has 1 N–H and O–H groups in total. The zero-order chi connectivity index (χ0) is 20.6. The SMILES string of the molecule is C=C/C(=C(/C)C(=C)Cl)C(CC)(CC)Nc1ccc(/C=C\N(C)C)c(C=O)c1. The average molecular weight is 387 g/mol. The standard InChI is InChI=1S/C23H31ClN2O/c1-8-22(17(4)18(5)24)23(9-2,10-3)25-21-12-11-19(13-14-26(6)7)20(15-21)16-27/h8,11-16,25H,1,5,9-10H2,2-4,6-7H3/b14-13-,22-17+. The van der Waals surface area contributed by atoms with Crippen molar-refractivity contribution in [3.63, 3.8) is 0 Å². The van der Waals surface area contributed by atoms with E-state index in [0.717, 1.165) is 41.5 Å². The van der Waals surface area contributed by atoms with E-state index >= 15 is 0 Å². The normalized spacial score (nSPS) is 12.5. The van der Waals surface area contributed by atoms with Crippen molar-refractivity contribution in [2.75, 3.05) is 19.4 Å². The van der Waals surface area contributed by atoms with Crippen molar-refractivity contribution in [2.24, 2.45) is 0 Å². The molecule has 0 saturated heterocycles. The molecule has 0 aliphatic rings. The third kappa shape index (κ3) is 5.61. The molecule has 0 radical (unpaired) electrons. The molecular weight excluding hydrogens is 356 g/mol. The fraction of sp³-hybridized carbons (Fsp3) is 0.348. The Morgan fingerprint density at radius 1 is 1.26 bits per heavy atom. The highest BCUT2D eigenvalue weighted by Gasteiger charge is 2.31. The van der Waals surface area contributed by atoms with Gasteiger partial charge in [-0.2, -0.15) is 0 Å². The number of halogens is 1. The summed E-state index contributed by atoms with van der Waals surface area (Å²) in [5, 5.41) is 4.13. The number of carbonyl (C=O) groups excluding carboxylic acids is 1. The van der Waals surface area contributed by atoms with Crippen LogP contribution in [0, 0.1) is 0 Å². The van der Waals surface area contributed by atoms with Gasteiger partial charge in [0.05, 0.1) is 5.54 Å². The van der Waals surface area contributed by atoms with E-state index in [0.29, 0.717) is 10.6 Å². The summed E-state index contributed by atoms with van der Waals surface area (Å²) >= 11 is 6.17. The molecule has 0 fully saturated rings. The highest BCUT2D eigenvalue weighted by atomic mass is 35.5. The monoisotopic (exact) mass is 386 g/mol. The number of nitrogens with zero attached hydrogens (tertiary/aromatic N) is 1. The van der Waals surface area contributed by atoms with E-state index in [1.54, 1.807) is 0 Å². The Morgan fingerprint density at radius 2 is 1.89 bits per heavy atom. The van der Waals surface area contributed by atoms with Gasteiger partial charge in [-0.05, 0) is 60.9 Å². The second kappa shape index (κ2) is 10.2. The van der Waals surface area contributed by atoms with Crippen molar-refractivity contribution < 1.29 is 4.79 Å². The number of benzene rings is 1. The fourth-order valence-corrected chi connectivity index (χ4v) is 3.24. The van der Waals surface area contributed by atoms with Crippen LogP contribution >= 0.6 is 11.6 Å². The molecule has 3 nitrogen and oxygen atoms in total. The summed E-state index contributed by atoms with van der Waals surface area (Å²) < 4.78 is 0. The molecule has 0 unspecified atom stereocenters. The molecule has 27 heavy (non-hydrogen) atoms. The third-order valence-electron chi connectivity index (χ3n) is 4.89. The van der Waals surface area contributed by atoms with E-state index in [1.807, 2.05) is 62.5 Å². The number of hydrogen-bond acceptors (Lipinski definition) is 3. The summed E-state index contributed by atoms with van der Waals surface area (Å²) in [6.07, 6.45) is 8.26. The summed E-state index contributed by atoms with van der Waals surface area (Å²) in [5.41, 5.74) is 4.01. The lowest BCUT2D eigenvalue weighted by Gasteiger charge is -2.37. The maximum absolute atomic E-state index is 11.6. The van der Waals surface area contributed by atoms with Crippen molar-refractivity contribution in [3.8, 4) is 0 Å². The van der Waals surface area contributed by atoms with Crippen LogP contribution in [-0.2, 0) is 0 Å². The summed E-state index contributed by atoms with van der Waals surface area (Å²) in [5.74, 6) is 0. The van der Waals surface area contributed by atoms with Gasteiger partial charge in [-0.25, -0.2) is 0 Å². The third-order valence-corrected chi connectivity index (χ3v) is 5.17. The first-order valence-electron chi connectivity index (χ1n) is 9.15. The smallest absolute Gasteiger partial charge is 0.150 e. The van der Waals surface area contributed by atoms with Crippen molar-refractivity contribution in [1.82, 2.24) is 4.90 Å². The van der Waals surface area contributed by atoms with E-state index < -0.39 is 0 Å². The topological polar surface area (TPSA) is 32.3 Å². The fourth-order valence-electron chi connectivity index (χ4n) is 3.14. The Morgan fingerprint density at radius 3 is 2.33 bits per heavy atom. The predicted molar refractivity (Wildman–Crippen MR) is 119 cm³/mol. The molecular formula is C23H31ClN2O. The number of allylic oxidation sites excluding steroid dienone is 2. The Balaban J connectivity index is 3.40. The zero-order valence-electron chi connectivity index (χ0n) is 17.1. The van der Waals surface area contributed by atoms with Gasteiger partial charge in [0.1, 0.15) is 0 Å².